The maximum absolute atomic E-state index is 11.1. The Balaban J connectivity index is 2.30. The van der Waals surface area contributed by atoms with E-state index >= 15 is 0 Å². The Morgan fingerprint density at radius 1 is 1.19 bits per heavy atom. The number of halogens is 2. The lowest BCUT2D eigenvalue weighted by atomic mass is 10.2. The summed E-state index contributed by atoms with van der Waals surface area (Å²) in [7, 11) is 1.80. The third-order valence-electron chi connectivity index (χ3n) is 3.31. The van der Waals surface area contributed by atoms with Crippen molar-refractivity contribution in [3.8, 4) is 11.4 Å². The number of imidazole rings is 1. The summed E-state index contributed by atoms with van der Waals surface area (Å²) < 4.78 is 1.79. The molecule has 0 bridgehead atoms. The molecule has 21 heavy (non-hydrogen) atoms. The van der Waals surface area contributed by atoms with E-state index < -0.39 is 5.97 Å². The predicted octanol–water partition coefficient (Wildman–Crippen LogP) is 4.25. The van der Waals surface area contributed by atoms with Gasteiger partial charge in [-0.3, -0.25) is 0 Å². The molecule has 2 aromatic carbocycles. The molecule has 6 heteroatoms. The number of hydrogen-bond donors (Lipinski definition) is 1. The molecule has 0 spiro atoms. The van der Waals surface area contributed by atoms with E-state index in [-0.39, 0.29) is 5.56 Å². The van der Waals surface area contributed by atoms with Crippen LogP contribution in [-0.2, 0) is 7.05 Å². The molecule has 106 valence electrons. The van der Waals surface area contributed by atoms with E-state index in [9.17, 15) is 4.79 Å². The van der Waals surface area contributed by atoms with Crippen molar-refractivity contribution in [2.24, 2.45) is 7.05 Å². The molecular formula is C15H10Cl2N2O2. The zero-order valence-corrected chi connectivity index (χ0v) is 12.5. The van der Waals surface area contributed by atoms with Gasteiger partial charge in [0.15, 0.2) is 0 Å². The van der Waals surface area contributed by atoms with Crippen molar-refractivity contribution in [3.63, 3.8) is 0 Å². The first-order chi connectivity index (χ1) is 9.99. The zero-order valence-electron chi connectivity index (χ0n) is 11.0. The van der Waals surface area contributed by atoms with E-state index in [1.807, 2.05) is 0 Å². The van der Waals surface area contributed by atoms with Gasteiger partial charge >= 0.3 is 5.97 Å². The van der Waals surface area contributed by atoms with Gasteiger partial charge in [-0.2, -0.15) is 0 Å². The lowest BCUT2D eigenvalue weighted by molar-refractivity contribution is 0.0697. The Labute approximate surface area is 130 Å². The number of carboxylic acid groups (broad SMARTS) is 1. The molecule has 1 N–H and O–H groups in total. The highest BCUT2D eigenvalue weighted by Gasteiger charge is 2.16. The monoisotopic (exact) mass is 320 g/mol. The van der Waals surface area contributed by atoms with Crippen molar-refractivity contribution in [2.75, 3.05) is 0 Å². The van der Waals surface area contributed by atoms with Crippen LogP contribution < -0.4 is 0 Å². The SMILES string of the molecule is Cn1c(-c2c(Cl)cccc2Cl)nc2ccc(C(=O)O)cc21. The molecule has 3 rings (SSSR count). The number of hydrogen-bond acceptors (Lipinski definition) is 2. The van der Waals surface area contributed by atoms with Crippen molar-refractivity contribution in [1.82, 2.24) is 9.55 Å². The lowest BCUT2D eigenvalue weighted by Crippen LogP contribution is -1.97. The molecule has 0 fully saturated rings. The maximum atomic E-state index is 11.1. The Morgan fingerprint density at radius 2 is 1.86 bits per heavy atom. The van der Waals surface area contributed by atoms with Crippen LogP contribution in [0.5, 0.6) is 0 Å². The first kappa shape index (κ1) is 13.9. The van der Waals surface area contributed by atoms with Gasteiger partial charge < -0.3 is 9.67 Å². The van der Waals surface area contributed by atoms with Crippen molar-refractivity contribution in [1.29, 1.82) is 0 Å². The second-order valence-corrected chi connectivity index (χ2v) is 5.41. The van der Waals surface area contributed by atoms with Gasteiger partial charge in [-0.15, -0.1) is 0 Å². The molecule has 4 nitrogen and oxygen atoms in total. The summed E-state index contributed by atoms with van der Waals surface area (Å²) in [6.07, 6.45) is 0. The van der Waals surface area contributed by atoms with Crippen LogP contribution in [0.3, 0.4) is 0 Å². The van der Waals surface area contributed by atoms with E-state index in [4.69, 9.17) is 28.3 Å². The van der Waals surface area contributed by atoms with Crippen LogP contribution in [0.4, 0.5) is 0 Å². The smallest absolute Gasteiger partial charge is 0.335 e. The van der Waals surface area contributed by atoms with Gasteiger partial charge in [0.05, 0.1) is 32.2 Å². The molecule has 0 aliphatic heterocycles. The fourth-order valence-corrected chi connectivity index (χ4v) is 2.82. The largest absolute Gasteiger partial charge is 0.478 e. The molecule has 1 heterocycles. The molecule has 0 saturated carbocycles. The van der Waals surface area contributed by atoms with E-state index in [1.54, 1.807) is 41.9 Å². The average Bonchev–Trinajstić information content (AvgIpc) is 2.75. The van der Waals surface area contributed by atoms with Gasteiger partial charge in [0.25, 0.3) is 0 Å². The maximum Gasteiger partial charge on any atom is 0.335 e. The third kappa shape index (κ3) is 2.26. The van der Waals surface area contributed by atoms with Crippen LogP contribution in [-0.4, -0.2) is 20.6 Å². The number of rotatable bonds is 2. The number of aryl methyl sites for hydroxylation is 1. The number of carbonyl (C=O) groups is 1. The molecule has 0 aliphatic rings. The summed E-state index contributed by atoms with van der Waals surface area (Å²) in [4.78, 5) is 15.6. The molecule has 0 unspecified atom stereocenters. The summed E-state index contributed by atoms with van der Waals surface area (Å²) in [6, 6.07) is 10.0. The number of carboxylic acids is 1. The fourth-order valence-electron chi connectivity index (χ4n) is 2.26. The zero-order chi connectivity index (χ0) is 15.1. The van der Waals surface area contributed by atoms with Crippen molar-refractivity contribution in [3.05, 3.63) is 52.0 Å². The van der Waals surface area contributed by atoms with Crippen LogP contribution in [0, 0.1) is 0 Å². The third-order valence-corrected chi connectivity index (χ3v) is 3.94. The first-order valence-electron chi connectivity index (χ1n) is 6.13. The molecule has 0 amide bonds. The van der Waals surface area contributed by atoms with Crippen molar-refractivity contribution >= 4 is 40.2 Å². The number of nitrogens with zero attached hydrogens (tertiary/aromatic N) is 2. The van der Waals surface area contributed by atoms with Gasteiger partial charge in [-0.25, -0.2) is 9.78 Å². The van der Waals surface area contributed by atoms with Crippen LogP contribution in [0.15, 0.2) is 36.4 Å². The minimum atomic E-state index is -0.976. The van der Waals surface area contributed by atoms with E-state index in [2.05, 4.69) is 4.98 Å². The lowest BCUT2D eigenvalue weighted by Gasteiger charge is -2.07. The second-order valence-electron chi connectivity index (χ2n) is 4.60. The standard InChI is InChI=1S/C15H10Cl2N2O2/c1-19-12-7-8(15(20)21)5-6-11(12)18-14(19)13-9(16)3-2-4-10(13)17/h2-7H,1H3,(H,20,21). The van der Waals surface area contributed by atoms with Gasteiger partial charge in [0, 0.05) is 7.05 Å². The highest BCUT2D eigenvalue weighted by atomic mass is 35.5. The molecule has 0 aliphatic carbocycles. The normalized spacial score (nSPS) is 11.0. The van der Waals surface area contributed by atoms with Crippen LogP contribution in [0.1, 0.15) is 10.4 Å². The Bertz CT molecular complexity index is 851. The van der Waals surface area contributed by atoms with E-state index in [1.165, 1.54) is 6.07 Å². The summed E-state index contributed by atoms with van der Waals surface area (Å²) in [5.74, 6) is -0.376. The molecule has 0 radical (unpaired) electrons. The quantitative estimate of drug-likeness (QED) is 0.768. The van der Waals surface area contributed by atoms with Gasteiger partial charge in [0.1, 0.15) is 5.82 Å². The van der Waals surface area contributed by atoms with Gasteiger partial charge in [-0.05, 0) is 30.3 Å². The van der Waals surface area contributed by atoms with Crippen molar-refractivity contribution in [2.45, 2.75) is 0 Å². The minimum Gasteiger partial charge on any atom is -0.478 e. The summed E-state index contributed by atoms with van der Waals surface area (Å²) in [5, 5.41) is 10.1. The molecule has 3 aromatic rings. The fraction of sp³-hybridized carbons (Fsp3) is 0.0667. The highest BCUT2D eigenvalue weighted by Crippen LogP contribution is 2.35. The predicted molar refractivity (Wildman–Crippen MR) is 83.1 cm³/mol. The Hall–Kier alpha value is -2.04. The van der Waals surface area contributed by atoms with E-state index in [0.29, 0.717) is 32.5 Å². The molecule has 1 aromatic heterocycles. The summed E-state index contributed by atoms with van der Waals surface area (Å²) in [6.45, 7) is 0. The molecule has 0 atom stereocenters. The second kappa shape index (κ2) is 5.06. The van der Waals surface area contributed by atoms with Crippen LogP contribution in [0.25, 0.3) is 22.4 Å². The number of benzene rings is 2. The minimum absolute atomic E-state index is 0.210. The number of aromatic nitrogens is 2. The molecule has 0 saturated heterocycles. The van der Waals surface area contributed by atoms with E-state index in [0.717, 1.165) is 0 Å². The topological polar surface area (TPSA) is 55.1 Å². The molecular weight excluding hydrogens is 311 g/mol. The number of fused-ring (bicyclic) bond motifs is 1. The Kier molecular flexibility index (Phi) is 3.35. The van der Waals surface area contributed by atoms with Crippen molar-refractivity contribution < 1.29 is 9.90 Å². The van der Waals surface area contributed by atoms with Crippen LogP contribution >= 0.6 is 23.2 Å². The van der Waals surface area contributed by atoms with Gasteiger partial charge in [-0.1, -0.05) is 29.3 Å². The summed E-state index contributed by atoms with van der Waals surface area (Å²) in [5.41, 5.74) is 2.24. The first-order valence-corrected chi connectivity index (χ1v) is 6.89. The van der Waals surface area contributed by atoms with Crippen LogP contribution in [0.2, 0.25) is 10.0 Å². The highest BCUT2D eigenvalue weighted by molar-refractivity contribution is 6.39. The number of aromatic carboxylic acids is 1. The average molecular weight is 321 g/mol. The Morgan fingerprint density at radius 3 is 2.48 bits per heavy atom. The van der Waals surface area contributed by atoms with Gasteiger partial charge in [0.2, 0.25) is 0 Å². The summed E-state index contributed by atoms with van der Waals surface area (Å²) >= 11 is 12.4.